The summed E-state index contributed by atoms with van der Waals surface area (Å²) in [6, 6.07) is -0.821. The van der Waals surface area contributed by atoms with Gasteiger partial charge in [0, 0.05) is 6.42 Å². The normalized spacial score (nSPS) is 19.1. The molecule has 0 aromatic heterocycles. The molecule has 0 spiro atoms. The molecule has 6 N–H and O–H groups in total. The Morgan fingerprint density at radius 3 is 1.12 bits per heavy atom. The molecule has 0 bridgehead atoms. The Kier molecular flexibility index (Phi) is 53.1. The number of rotatable bonds is 57. The van der Waals surface area contributed by atoms with Gasteiger partial charge in [0.15, 0.2) is 6.29 Å². The van der Waals surface area contributed by atoms with Gasteiger partial charge >= 0.3 is 0 Å². The van der Waals surface area contributed by atoms with Gasteiger partial charge in [-0.05, 0) is 57.8 Å². The molecule has 9 nitrogen and oxygen atoms in total. The van der Waals surface area contributed by atoms with E-state index < -0.39 is 49.5 Å². The van der Waals surface area contributed by atoms with Crippen molar-refractivity contribution in [2.24, 2.45) is 0 Å². The molecule has 7 unspecified atom stereocenters. The summed E-state index contributed by atoms with van der Waals surface area (Å²) in [6.07, 6.45) is 66.7. The van der Waals surface area contributed by atoms with Crippen molar-refractivity contribution in [2.75, 3.05) is 13.2 Å². The third-order valence-corrected chi connectivity index (χ3v) is 15.7. The third kappa shape index (κ3) is 44.9. The van der Waals surface area contributed by atoms with Crippen LogP contribution < -0.4 is 5.32 Å². The van der Waals surface area contributed by atoms with E-state index in [4.69, 9.17) is 9.47 Å². The van der Waals surface area contributed by atoms with Crippen molar-refractivity contribution in [1.29, 1.82) is 0 Å². The molecule has 75 heavy (non-hydrogen) atoms. The van der Waals surface area contributed by atoms with E-state index in [0.29, 0.717) is 6.42 Å². The maximum absolute atomic E-state index is 13.1. The van der Waals surface area contributed by atoms with Crippen LogP contribution in [0.1, 0.15) is 322 Å². The van der Waals surface area contributed by atoms with Crippen LogP contribution in [0.3, 0.4) is 0 Å². The van der Waals surface area contributed by atoms with Gasteiger partial charge in [0.1, 0.15) is 24.4 Å². The first kappa shape index (κ1) is 71.4. The van der Waals surface area contributed by atoms with Gasteiger partial charge in [-0.2, -0.15) is 0 Å². The Balaban J connectivity index is 2.15. The van der Waals surface area contributed by atoms with Gasteiger partial charge in [-0.1, -0.05) is 294 Å². The first-order valence-corrected chi connectivity index (χ1v) is 32.7. The second-order valence-corrected chi connectivity index (χ2v) is 22.9. The molecule has 1 rings (SSSR count). The summed E-state index contributed by atoms with van der Waals surface area (Å²) >= 11 is 0. The highest BCUT2D eigenvalue weighted by molar-refractivity contribution is 5.76. The quantitative estimate of drug-likeness (QED) is 0.0261. The summed E-state index contributed by atoms with van der Waals surface area (Å²) in [6.45, 7) is 3.81. The van der Waals surface area contributed by atoms with Crippen LogP contribution in [0, 0.1) is 0 Å². The van der Waals surface area contributed by atoms with Crippen molar-refractivity contribution in [3.05, 3.63) is 36.5 Å². The molecule has 0 aromatic rings. The van der Waals surface area contributed by atoms with E-state index in [0.717, 1.165) is 38.5 Å². The molecule has 1 amide bonds. The van der Waals surface area contributed by atoms with Crippen molar-refractivity contribution in [1.82, 2.24) is 5.32 Å². The van der Waals surface area contributed by atoms with Crippen molar-refractivity contribution >= 4 is 5.91 Å². The van der Waals surface area contributed by atoms with Gasteiger partial charge in [-0.25, -0.2) is 0 Å². The molecule has 1 heterocycles. The summed E-state index contributed by atoms with van der Waals surface area (Å²) in [4.78, 5) is 13.1. The molecule has 1 fully saturated rings. The zero-order valence-corrected chi connectivity index (χ0v) is 49.3. The second kappa shape index (κ2) is 55.7. The molecule has 0 radical (unpaired) electrons. The van der Waals surface area contributed by atoms with Crippen molar-refractivity contribution in [3.8, 4) is 0 Å². The van der Waals surface area contributed by atoms with Crippen LogP contribution in [0.2, 0.25) is 0 Å². The van der Waals surface area contributed by atoms with Crippen molar-refractivity contribution < 1.29 is 39.8 Å². The predicted octanol–water partition coefficient (Wildman–Crippen LogP) is 17.1. The molecule has 1 aliphatic heterocycles. The zero-order valence-electron chi connectivity index (χ0n) is 49.3. The lowest BCUT2D eigenvalue weighted by atomic mass is 9.99. The Morgan fingerprint density at radius 2 is 0.760 bits per heavy atom. The van der Waals surface area contributed by atoms with Gasteiger partial charge in [-0.3, -0.25) is 4.79 Å². The van der Waals surface area contributed by atoms with Crippen LogP contribution in [-0.4, -0.2) is 87.5 Å². The fourth-order valence-corrected chi connectivity index (χ4v) is 10.5. The summed E-state index contributed by atoms with van der Waals surface area (Å²) in [7, 11) is 0. The minimum Gasteiger partial charge on any atom is -0.394 e. The average Bonchev–Trinajstić information content (AvgIpc) is 3.41. The van der Waals surface area contributed by atoms with Gasteiger partial charge in [0.2, 0.25) is 5.91 Å². The van der Waals surface area contributed by atoms with Crippen LogP contribution in [0.15, 0.2) is 36.5 Å². The predicted molar refractivity (Wildman–Crippen MR) is 318 cm³/mol. The first-order chi connectivity index (χ1) is 36.8. The molecular formula is C66H125NO8. The number of hydrogen-bond donors (Lipinski definition) is 6. The van der Waals surface area contributed by atoms with Gasteiger partial charge < -0.3 is 40.3 Å². The van der Waals surface area contributed by atoms with E-state index in [1.165, 1.54) is 263 Å². The molecular weight excluding hydrogens is 935 g/mol. The Morgan fingerprint density at radius 1 is 0.440 bits per heavy atom. The lowest BCUT2D eigenvalue weighted by Crippen LogP contribution is -2.60. The number of aliphatic hydroxyl groups excluding tert-OH is 5. The van der Waals surface area contributed by atoms with E-state index in [2.05, 4.69) is 43.5 Å². The summed E-state index contributed by atoms with van der Waals surface area (Å²) in [5.74, 6) is -0.181. The van der Waals surface area contributed by atoms with Gasteiger partial charge in [-0.15, -0.1) is 0 Å². The van der Waals surface area contributed by atoms with Gasteiger partial charge in [0.05, 0.1) is 25.4 Å². The molecule has 0 aliphatic carbocycles. The fourth-order valence-electron chi connectivity index (χ4n) is 10.5. The molecule has 0 aromatic carbocycles. The number of carbonyl (C=O) groups excluding carboxylic acids is 1. The monoisotopic (exact) mass is 1060 g/mol. The summed E-state index contributed by atoms with van der Waals surface area (Å²) in [5, 5.41) is 54.6. The largest absolute Gasteiger partial charge is 0.394 e. The van der Waals surface area contributed by atoms with Crippen LogP contribution in [0.4, 0.5) is 0 Å². The van der Waals surface area contributed by atoms with Gasteiger partial charge in [0.25, 0.3) is 0 Å². The van der Waals surface area contributed by atoms with Crippen LogP contribution in [0.25, 0.3) is 0 Å². The lowest BCUT2D eigenvalue weighted by molar-refractivity contribution is -0.302. The Hall–Kier alpha value is -1.59. The maximum atomic E-state index is 13.1. The lowest BCUT2D eigenvalue weighted by Gasteiger charge is -2.40. The smallest absolute Gasteiger partial charge is 0.220 e. The third-order valence-electron chi connectivity index (χ3n) is 15.7. The van der Waals surface area contributed by atoms with Crippen LogP contribution in [0.5, 0.6) is 0 Å². The van der Waals surface area contributed by atoms with E-state index >= 15 is 0 Å². The highest BCUT2D eigenvalue weighted by atomic mass is 16.7. The number of nitrogens with one attached hydrogen (secondary N) is 1. The second-order valence-electron chi connectivity index (χ2n) is 22.9. The number of amides is 1. The minimum atomic E-state index is -1.57. The maximum Gasteiger partial charge on any atom is 0.220 e. The average molecular weight is 1060 g/mol. The standard InChI is InChI=1S/C66H125NO8/c1-3-5-7-9-11-13-15-17-19-21-23-25-26-27-28-29-30-31-32-33-34-36-38-40-42-44-46-48-50-52-54-56-62(70)67-59(58-74-66-65(73)64(72)63(71)61(57-68)75-66)60(69)55-53-51-49-47-45-43-41-39-37-35-24-22-20-18-16-14-12-10-8-6-4-2/h27-28,45,47,53,55,59-61,63-66,68-69,71-73H,3-26,29-44,46,48-52,54,56-58H2,1-2H3,(H,67,70)/b28-27-,47-45+,55-53+. The zero-order chi connectivity index (χ0) is 54.3. The molecule has 442 valence electrons. The van der Waals surface area contributed by atoms with Crippen LogP contribution >= 0.6 is 0 Å². The first-order valence-electron chi connectivity index (χ1n) is 32.7. The topological polar surface area (TPSA) is 149 Å². The summed E-state index contributed by atoms with van der Waals surface area (Å²) < 4.78 is 11.3. The van der Waals surface area contributed by atoms with E-state index in [-0.39, 0.29) is 12.5 Å². The number of unbranched alkanes of at least 4 members (excludes halogenated alkanes) is 43. The highest BCUT2D eigenvalue weighted by Gasteiger charge is 2.44. The highest BCUT2D eigenvalue weighted by Crippen LogP contribution is 2.23. The molecule has 1 aliphatic rings. The molecule has 9 heteroatoms. The van der Waals surface area contributed by atoms with Crippen LogP contribution in [-0.2, 0) is 14.3 Å². The number of carbonyl (C=O) groups is 1. The van der Waals surface area contributed by atoms with Crippen molar-refractivity contribution in [2.45, 2.75) is 365 Å². The van der Waals surface area contributed by atoms with E-state index in [1.807, 2.05) is 6.08 Å². The number of hydrogen-bond acceptors (Lipinski definition) is 8. The minimum absolute atomic E-state index is 0.181. The Bertz CT molecular complexity index is 1270. The number of allylic oxidation sites excluding steroid dienone is 5. The molecule has 7 atom stereocenters. The number of ether oxygens (including phenoxy) is 2. The van der Waals surface area contributed by atoms with Crippen molar-refractivity contribution in [3.63, 3.8) is 0 Å². The van der Waals surface area contributed by atoms with E-state index in [9.17, 15) is 30.3 Å². The SMILES string of the molecule is CCCCCCCCCCCCCC/C=C\CCCCCCCCCCCCCCCCCC(=O)NC(COC1OC(CO)C(O)C(O)C1O)C(O)/C=C/CC/C=C/CCCCCCCCCCCCCCCCC. The molecule has 1 saturated heterocycles. The number of aliphatic hydroxyl groups is 5. The van der Waals surface area contributed by atoms with E-state index in [1.54, 1.807) is 6.08 Å². The Labute approximate surface area is 463 Å². The summed E-state index contributed by atoms with van der Waals surface area (Å²) in [5.41, 5.74) is 0. The fraction of sp³-hybridized carbons (Fsp3) is 0.894. The molecule has 0 saturated carbocycles.